The van der Waals surface area contributed by atoms with Crippen LogP contribution in [-0.2, 0) is 0 Å². The van der Waals surface area contributed by atoms with Gasteiger partial charge >= 0.3 is 0 Å². The first-order valence-corrected chi connectivity index (χ1v) is 10.1. The Kier molecular flexibility index (Phi) is 5.30. The quantitative estimate of drug-likeness (QED) is 0.417. The maximum absolute atomic E-state index is 12.6. The van der Waals surface area contributed by atoms with Crippen molar-refractivity contribution in [2.45, 2.75) is 6.92 Å². The molecule has 5 aromatic rings. The minimum atomic E-state index is -0.339. The number of hydrogen-bond donors (Lipinski definition) is 2. The predicted molar refractivity (Wildman–Crippen MR) is 123 cm³/mol. The number of hydrogen-bond acceptors (Lipinski definition) is 7. The molecule has 0 saturated heterocycles. The van der Waals surface area contributed by atoms with Gasteiger partial charge in [0.2, 0.25) is 0 Å². The summed E-state index contributed by atoms with van der Waals surface area (Å²) in [5.41, 5.74) is 2.46. The van der Waals surface area contributed by atoms with Gasteiger partial charge in [-0.2, -0.15) is 9.90 Å². The minimum absolute atomic E-state index is 0.226. The lowest BCUT2D eigenvalue weighted by Crippen LogP contribution is -2.13. The molecule has 10 heteroatoms. The van der Waals surface area contributed by atoms with Gasteiger partial charge in [0, 0.05) is 29.8 Å². The lowest BCUT2D eigenvalue weighted by molar-refractivity contribution is 0.102. The molecular weight excluding hydrogens is 418 g/mol. The van der Waals surface area contributed by atoms with E-state index in [2.05, 4.69) is 35.8 Å². The van der Waals surface area contributed by atoms with Gasteiger partial charge in [-0.3, -0.25) is 9.36 Å². The van der Waals surface area contributed by atoms with Crippen molar-refractivity contribution in [1.82, 2.24) is 34.5 Å². The Morgan fingerprint density at radius 3 is 2.52 bits per heavy atom. The maximum Gasteiger partial charge on any atom is 0.277 e. The first-order chi connectivity index (χ1) is 16.1. The van der Waals surface area contributed by atoms with Gasteiger partial charge in [0.05, 0.1) is 11.9 Å². The number of aryl methyl sites for hydroxylation is 1. The first kappa shape index (κ1) is 20.1. The van der Waals surface area contributed by atoms with E-state index in [1.807, 2.05) is 66.2 Å². The van der Waals surface area contributed by atoms with Gasteiger partial charge in [-0.05, 0) is 43.3 Å². The van der Waals surface area contributed by atoms with E-state index in [0.29, 0.717) is 17.3 Å². The van der Waals surface area contributed by atoms with Crippen molar-refractivity contribution in [3.63, 3.8) is 0 Å². The molecule has 2 aromatic carbocycles. The monoisotopic (exact) mass is 437 g/mol. The van der Waals surface area contributed by atoms with Crippen molar-refractivity contribution in [1.29, 1.82) is 0 Å². The summed E-state index contributed by atoms with van der Waals surface area (Å²) in [6, 6.07) is 18.5. The Labute approximate surface area is 189 Å². The number of carbonyl (C=O) groups excluding carboxylic acids is 1. The molecule has 0 radical (unpaired) electrons. The lowest BCUT2D eigenvalue weighted by Gasteiger charge is -2.10. The number of benzene rings is 2. The number of aromatic nitrogens is 7. The molecule has 0 saturated carbocycles. The van der Waals surface area contributed by atoms with E-state index in [0.717, 1.165) is 17.2 Å². The molecule has 3 aromatic heterocycles. The van der Waals surface area contributed by atoms with Gasteiger partial charge in [0.25, 0.3) is 5.91 Å². The Balaban J connectivity index is 1.26. The minimum Gasteiger partial charge on any atom is -0.340 e. The van der Waals surface area contributed by atoms with Crippen LogP contribution >= 0.6 is 0 Å². The van der Waals surface area contributed by atoms with Crippen LogP contribution in [0.25, 0.3) is 11.5 Å². The van der Waals surface area contributed by atoms with Crippen LogP contribution in [0.15, 0.2) is 85.6 Å². The number of amides is 1. The smallest absolute Gasteiger partial charge is 0.277 e. The van der Waals surface area contributed by atoms with Crippen molar-refractivity contribution in [2.24, 2.45) is 0 Å². The number of para-hydroxylation sites is 1. The van der Waals surface area contributed by atoms with Crippen LogP contribution < -0.4 is 10.6 Å². The van der Waals surface area contributed by atoms with Gasteiger partial charge in [0.15, 0.2) is 5.69 Å². The van der Waals surface area contributed by atoms with E-state index < -0.39 is 0 Å². The molecule has 0 bridgehead atoms. The number of imidazole rings is 1. The molecule has 0 aliphatic rings. The number of nitrogens with one attached hydrogen (secondary N) is 2. The lowest BCUT2D eigenvalue weighted by atomic mass is 10.2. The van der Waals surface area contributed by atoms with E-state index >= 15 is 0 Å². The van der Waals surface area contributed by atoms with Gasteiger partial charge in [-0.1, -0.05) is 18.2 Å². The first-order valence-electron chi connectivity index (χ1n) is 10.1. The zero-order valence-electron chi connectivity index (χ0n) is 17.6. The van der Waals surface area contributed by atoms with E-state index in [4.69, 9.17) is 0 Å². The number of rotatable bonds is 6. The number of nitrogens with zero attached hydrogens (tertiary/aromatic N) is 7. The Hall–Kier alpha value is -4.86. The molecule has 2 N–H and O–H groups in total. The van der Waals surface area contributed by atoms with Crippen LogP contribution in [0.1, 0.15) is 16.3 Å². The largest absolute Gasteiger partial charge is 0.340 e. The Morgan fingerprint density at radius 2 is 1.76 bits per heavy atom. The number of anilines is 3. The fourth-order valence-corrected chi connectivity index (χ4v) is 3.18. The van der Waals surface area contributed by atoms with Crippen LogP contribution in [0, 0.1) is 6.92 Å². The molecule has 0 fully saturated rings. The van der Waals surface area contributed by atoms with Gasteiger partial charge in [0.1, 0.15) is 23.8 Å². The molecule has 0 aliphatic carbocycles. The van der Waals surface area contributed by atoms with Crippen molar-refractivity contribution < 1.29 is 4.79 Å². The third-order valence-corrected chi connectivity index (χ3v) is 4.72. The molecule has 0 unspecified atom stereocenters. The van der Waals surface area contributed by atoms with E-state index in [1.54, 1.807) is 24.7 Å². The average Bonchev–Trinajstić information content (AvgIpc) is 3.53. The fraction of sp³-hybridized carbons (Fsp3) is 0.0435. The molecule has 0 spiro atoms. The summed E-state index contributed by atoms with van der Waals surface area (Å²) in [5.74, 6) is 1.67. The zero-order chi connectivity index (χ0) is 22.6. The topological polar surface area (TPSA) is 115 Å². The molecule has 10 nitrogen and oxygen atoms in total. The summed E-state index contributed by atoms with van der Waals surface area (Å²) in [4.78, 5) is 26.9. The molecule has 1 amide bonds. The summed E-state index contributed by atoms with van der Waals surface area (Å²) >= 11 is 0. The molecule has 3 heterocycles. The Morgan fingerprint density at radius 1 is 0.970 bits per heavy atom. The second kappa shape index (κ2) is 8.71. The van der Waals surface area contributed by atoms with Crippen LogP contribution in [0.5, 0.6) is 0 Å². The standard InChI is InChI=1S/C23H19N9O/c1-16-26-21(13-22(27-16)31-12-11-24-15-31)28-17-7-9-18(10-8-17)29-23(33)20-14-25-32(30-20)19-5-3-2-4-6-19/h2-15H,1H3,(H,29,33)(H,26,27,28). The summed E-state index contributed by atoms with van der Waals surface area (Å²) < 4.78 is 1.81. The summed E-state index contributed by atoms with van der Waals surface area (Å²) in [6.07, 6.45) is 6.64. The third-order valence-electron chi connectivity index (χ3n) is 4.72. The van der Waals surface area contributed by atoms with Crippen LogP contribution in [0.2, 0.25) is 0 Å². The average molecular weight is 437 g/mol. The normalized spacial score (nSPS) is 10.7. The second-order valence-corrected chi connectivity index (χ2v) is 7.14. The summed E-state index contributed by atoms with van der Waals surface area (Å²) in [5, 5.41) is 14.5. The van der Waals surface area contributed by atoms with E-state index in [1.165, 1.54) is 11.0 Å². The highest BCUT2D eigenvalue weighted by atomic mass is 16.2. The van der Waals surface area contributed by atoms with Crippen LogP contribution in [0.3, 0.4) is 0 Å². The highest BCUT2D eigenvalue weighted by Gasteiger charge is 2.12. The molecule has 33 heavy (non-hydrogen) atoms. The zero-order valence-corrected chi connectivity index (χ0v) is 17.6. The van der Waals surface area contributed by atoms with Crippen LogP contribution in [0.4, 0.5) is 17.2 Å². The molecule has 0 atom stereocenters. The van der Waals surface area contributed by atoms with Crippen molar-refractivity contribution in [2.75, 3.05) is 10.6 Å². The van der Waals surface area contributed by atoms with Crippen molar-refractivity contribution in [3.8, 4) is 11.5 Å². The summed E-state index contributed by atoms with van der Waals surface area (Å²) in [7, 11) is 0. The van der Waals surface area contributed by atoms with Gasteiger partial charge in [-0.15, -0.1) is 5.10 Å². The molecular formula is C23H19N9O. The summed E-state index contributed by atoms with van der Waals surface area (Å²) in [6.45, 7) is 1.83. The van der Waals surface area contributed by atoms with Crippen molar-refractivity contribution in [3.05, 3.63) is 97.1 Å². The molecule has 5 rings (SSSR count). The van der Waals surface area contributed by atoms with Crippen LogP contribution in [-0.4, -0.2) is 40.4 Å². The van der Waals surface area contributed by atoms with E-state index in [9.17, 15) is 4.79 Å². The highest BCUT2D eigenvalue weighted by Crippen LogP contribution is 2.20. The van der Waals surface area contributed by atoms with Gasteiger partial charge < -0.3 is 10.6 Å². The maximum atomic E-state index is 12.6. The molecule has 0 aliphatic heterocycles. The predicted octanol–water partition coefficient (Wildman–Crippen LogP) is 3.55. The van der Waals surface area contributed by atoms with E-state index in [-0.39, 0.29) is 11.6 Å². The van der Waals surface area contributed by atoms with Gasteiger partial charge in [-0.25, -0.2) is 15.0 Å². The molecule has 162 valence electrons. The fourth-order valence-electron chi connectivity index (χ4n) is 3.18. The highest BCUT2D eigenvalue weighted by molar-refractivity contribution is 6.02. The third kappa shape index (κ3) is 4.59. The SMILES string of the molecule is Cc1nc(Nc2ccc(NC(=O)c3cnn(-c4ccccc4)n3)cc2)cc(-n2ccnc2)n1. The Bertz CT molecular complexity index is 1380. The second-order valence-electron chi connectivity index (χ2n) is 7.14. The number of carbonyl (C=O) groups is 1. The van der Waals surface area contributed by atoms with Crippen molar-refractivity contribution >= 4 is 23.1 Å².